The van der Waals surface area contributed by atoms with Crippen LogP contribution in [0.15, 0.2) is 24.3 Å². The molecule has 0 aliphatic heterocycles. The van der Waals surface area contributed by atoms with Crippen molar-refractivity contribution in [2.45, 2.75) is 40.2 Å². The van der Waals surface area contributed by atoms with Crippen molar-refractivity contribution < 1.29 is 4.74 Å². The molecule has 2 N–H and O–H groups in total. The van der Waals surface area contributed by atoms with Gasteiger partial charge in [-0.3, -0.25) is 0 Å². The number of hydrogen-bond acceptors (Lipinski definition) is 3. The van der Waals surface area contributed by atoms with E-state index in [4.69, 9.17) is 22.1 Å². The van der Waals surface area contributed by atoms with Gasteiger partial charge in [-0.25, -0.2) is 4.98 Å². The van der Waals surface area contributed by atoms with E-state index in [0.29, 0.717) is 18.3 Å². The molecule has 0 amide bonds. The molecule has 0 unspecified atom stereocenters. The summed E-state index contributed by atoms with van der Waals surface area (Å²) in [6, 6.07) is 7.74. The first kappa shape index (κ1) is 15.8. The summed E-state index contributed by atoms with van der Waals surface area (Å²) in [6.45, 7) is 8.60. The molecule has 0 radical (unpaired) electrons. The Labute approximate surface area is 131 Å². The van der Waals surface area contributed by atoms with E-state index in [2.05, 4.69) is 18.8 Å². The Morgan fingerprint density at radius 3 is 2.29 bits per heavy atom. The monoisotopic (exact) mass is 304 g/mol. The Balaban J connectivity index is 2.37. The fourth-order valence-corrected chi connectivity index (χ4v) is 2.24. The van der Waals surface area contributed by atoms with Crippen LogP contribution in [0.2, 0.25) is 5.02 Å². The Bertz CT molecular complexity index is 630. The van der Waals surface area contributed by atoms with E-state index >= 15 is 0 Å². The van der Waals surface area contributed by atoms with E-state index in [-0.39, 0.29) is 0 Å². The van der Waals surface area contributed by atoms with Crippen molar-refractivity contribution in [3.63, 3.8) is 0 Å². The molecule has 2 aromatic rings. The van der Waals surface area contributed by atoms with Gasteiger partial charge >= 0.3 is 0 Å². The first-order valence-corrected chi connectivity index (χ1v) is 7.44. The molecule has 0 aliphatic rings. The summed E-state index contributed by atoms with van der Waals surface area (Å²) in [7, 11) is 0. The van der Waals surface area contributed by atoms with Gasteiger partial charge in [0.05, 0.1) is 0 Å². The van der Waals surface area contributed by atoms with Crippen LogP contribution in [0, 0.1) is 13.8 Å². The topological polar surface area (TPSA) is 48.1 Å². The lowest BCUT2D eigenvalue weighted by Gasteiger charge is -2.12. The number of pyridine rings is 1. The van der Waals surface area contributed by atoms with Gasteiger partial charge in [0, 0.05) is 23.3 Å². The fraction of sp³-hybridized carbons (Fsp3) is 0.353. The van der Waals surface area contributed by atoms with Crippen LogP contribution >= 0.6 is 11.6 Å². The molecule has 112 valence electrons. The molecule has 3 nitrogen and oxygen atoms in total. The Morgan fingerprint density at radius 1 is 1.14 bits per heavy atom. The Hall–Kier alpha value is -1.58. The molecule has 1 aromatic heterocycles. The third-order valence-electron chi connectivity index (χ3n) is 3.34. The van der Waals surface area contributed by atoms with Crippen molar-refractivity contribution in [3.05, 3.63) is 51.7 Å². The SMILES string of the molecule is Cc1cc(Oc2cc(CN)cc(C(C)C)n2)cc(C)c1Cl. The lowest BCUT2D eigenvalue weighted by Crippen LogP contribution is -2.02. The average Bonchev–Trinajstić information content (AvgIpc) is 2.44. The minimum absolute atomic E-state index is 0.326. The van der Waals surface area contributed by atoms with Gasteiger partial charge in [0.15, 0.2) is 0 Å². The van der Waals surface area contributed by atoms with Crippen molar-refractivity contribution in [1.82, 2.24) is 4.98 Å². The van der Waals surface area contributed by atoms with Crippen molar-refractivity contribution >= 4 is 11.6 Å². The van der Waals surface area contributed by atoms with Gasteiger partial charge < -0.3 is 10.5 Å². The lowest BCUT2D eigenvalue weighted by molar-refractivity contribution is 0.458. The first-order valence-electron chi connectivity index (χ1n) is 7.06. The van der Waals surface area contributed by atoms with E-state index in [1.807, 2.05) is 38.1 Å². The summed E-state index contributed by atoms with van der Waals surface area (Å²) in [4.78, 5) is 4.55. The van der Waals surface area contributed by atoms with Gasteiger partial charge in [-0.1, -0.05) is 25.4 Å². The summed E-state index contributed by atoms with van der Waals surface area (Å²) in [5.74, 6) is 1.64. The Kier molecular flexibility index (Phi) is 4.86. The van der Waals surface area contributed by atoms with Crippen molar-refractivity contribution in [3.8, 4) is 11.6 Å². The largest absolute Gasteiger partial charge is 0.439 e. The molecule has 1 aromatic carbocycles. The van der Waals surface area contributed by atoms with Gasteiger partial charge in [0.1, 0.15) is 5.75 Å². The van der Waals surface area contributed by atoms with E-state index in [9.17, 15) is 0 Å². The zero-order chi connectivity index (χ0) is 15.6. The predicted octanol–water partition coefficient (Wildman–Crippen LogP) is 4.73. The van der Waals surface area contributed by atoms with Crippen LogP contribution in [0.25, 0.3) is 0 Å². The molecule has 21 heavy (non-hydrogen) atoms. The zero-order valence-electron chi connectivity index (χ0n) is 12.9. The molecule has 0 saturated heterocycles. The third-order valence-corrected chi connectivity index (χ3v) is 3.94. The number of nitrogens with zero attached hydrogens (tertiary/aromatic N) is 1. The second kappa shape index (κ2) is 6.46. The highest BCUT2D eigenvalue weighted by Gasteiger charge is 2.09. The fourth-order valence-electron chi connectivity index (χ4n) is 2.13. The number of hydrogen-bond donors (Lipinski definition) is 1. The first-order chi connectivity index (χ1) is 9.90. The second-order valence-corrected chi connectivity index (χ2v) is 5.95. The average molecular weight is 305 g/mol. The molecule has 0 bridgehead atoms. The van der Waals surface area contributed by atoms with Crippen molar-refractivity contribution in [1.29, 1.82) is 0 Å². The molecule has 0 atom stereocenters. The standard InChI is InChI=1S/C17H21ClN2O/c1-10(2)15-7-13(9-19)8-16(20-15)21-14-5-11(3)17(18)12(4)6-14/h5-8,10H,9,19H2,1-4H3. The molecule has 0 saturated carbocycles. The minimum Gasteiger partial charge on any atom is -0.439 e. The summed E-state index contributed by atoms with van der Waals surface area (Å²) in [5.41, 5.74) is 9.73. The lowest BCUT2D eigenvalue weighted by atomic mass is 10.1. The number of nitrogens with two attached hydrogens (primary N) is 1. The van der Waals surface area contributed by atoms with Crippen LogP contribution < -0.4 is 10.5 Å². The Morgan fingerprint density at radius 2 is 1.76 bits per heavy atom. The van der Waals surface area contributed by atoms with Crippen LogP contribution in [0.1, 0.15) is 42.1 Å². The molecule has 2 rings (SSSR count). The maximum absolute atomic E-state index is 6.18. The molecule has 0 spiro atoms. The maximum Gasteiger partial charge on any atom is 0.219 e. The van der Waals surface area contributed by atoms with E-state index in [1.54, 1.807) is 0 Å². The molecule has 0 fully saturated rings. The second-order valence-electron chi connectivity index (χ2n) is 5.57. The van der Waals surface area contributed by atoms with Crippen molar-refractivity contribution in [2.75, 3.05) is 0 Å². The van der Waals surface area contributed by atoms with Crippen LogP contribution in [0.3, 0.4) is 0 Å². The van der Waals surface area contributed by atoms with Gasteiger partial charge in [-0.05, 0) is 54.7 Å². The van der Waals surface area contributed by atoms with Gasteiger partial charge in [-0.2, -0.15) is 0 Å². The highest BCUT2D eigenvalue weighted by molar-refractivity contribution is 6.32. The maximum atomic E-state index is 6.18. The smallest absolute Gasteiger partial charge is 0.219 e. The van der Waals surface area contributed by atoms with Gasteiger partial charge in [0.25, 0.3) is 0 Å². The number of halogens is 1. The molecule has 4 heteroatoms. The number of benzene rings is 1. The molecular formula is C17H21ClN2O. The molecule has 0 aliphatic carbocycles. The number of ether oxygens (including phenoxy) is 1. The summed E-state index contributed by atoms with van der Waals surface area (Å²) in [6.07, 6.45) is 0. The normalized spacial score (nSPS) is 11.0. The predicted molar refractivity (Wildman–Crippen MR) is 87.2 cm³/mol. The summed E-state index contributed by atoms with van der Waals surface area (Å²) >= 11 is 6.18. The van der Waals surface area contributed by atoms with Crippen LogP contribution in [0.4, 0.5) is 0 Å². The van der Waals surface area contributed by atoms with Crippen molar-refractivity contribution in [2.24, 2.45) is 5.73 Å². The highest BCUT2D eigenvalue weighted by atomic mass is 35.5. The third kappa shape index (κ3) is 3.74. The van der Waals surface area contributed by atoms with Crippen LogP contribution in [-0.2, 0) is 6.54 Å². The van der Waals surface area contributed by atoms with Gasteiger partial charge in [0.2, 0.25) is 5.88 Å². The number of rotatable bonds is 4. The summed E-state index contributed by atoms with van der Waals surface area (Å²) in [5, 5.41) is 0.772. The highest BCUT2D eigenvalue weighted by Crippen LogP contribution is 2.29. The zero-order valence-corrected chi connectivity index (χ0v) is 13.7. The van der Waals surface area contributed by atoms with Gasteiger partial charge in [-0.15, -0.1) is 0 Å². The molecular weight excluding hydrogens is 284 g/mol. The molecule has 1 heterocycles. The van der Waals surface area contributed by atoms with E-state index in [0.717, 1.165) is 33.2 Å². The van der Waals surface area contributed by atoms with Crippen LogP contribution in [-0.4, -0.2) is 4.98 Å². The number of aromatic nitrogens is 1. The van der Waals surface area contributed by atoms with E-state index < -0.39 is 0 Å². The van der Waals surface area contributed by atoms with E-state index in [1.165, 1.54) is 0 Å². The summed E-state index contributed by atoms with van der Waals surface area (Å²) < 4.78 is 5.90. The number of aryl methyl sites for hydroxylation is 2. The van der Waals surface area contributed by atoms with Crippen LogP contribution in [0.5, 0.6) is 11.6 Å². The quantitative estimate of drug-likeness (QED) is 0.888. The minimum atomic E-state index is 0.326.